The molecule has 5 atom stereocenters. The Labute approximate surface area is 257 Å². The molecule has 2 rings (SSSR count). The van der Waals surface area contributed by atoms with Crippen LogP contribution < -0.4 is 4.74 Å². The molecular formula is C36H56O5Si. The molecule has 0 aliphatic heterocycles. The average Bonchev–Trinajstić information content (AvgIpc) is 2.97. The standard InChI is InChI=1S/C36H56O5Si/c1-11-27(2)33(41-35(37)31-17-13-12-14-18-31)24-19-29(4)34(39-26-30-20-22-32(38-8)23-21-30)28(3)16-15-25-40-42(9,10)36(5,6)7/h11-14,17-18,20-23,27-29,33-34H,1,15-16,19,24-26H2,2-10H3/t27-,28+,29-,33+,34-/m1/s1. The van der Waals surface area contributed by atoms with Crippen molar-refractivity contribution >= 4 is 14.3 Å². The number of carbonyl (C=O) groups excluding carboxylic acids is 1. The average molecular weight is 597 g/mol. The molecule has 42 heavy (non-hydrogen) atoms. The summed E-state index contributed by atoms with van der Waals surface area (Å²) in [5.41, 5.74) is 1.69. The van der Waals surface area contributed by atoms with Crippen LogP contribution in [-0.2, 0) is 20.5 Å². The lowest BCUT2D eigenvalue weighted by Crippen LogP contribution is -2.41. The Hall–Kier alpha value is -2.41. The molecule has 0 fully saturated rings. The molecule has 0 saturated heterocycles. The van der Waals surface area contributed by atoms with Crippen molar-refractivity contribution in [3.8, 4) is 5.75 Å². The van der Waals surface area contributed by atoms with Gasteiger partial charge in [0.15, 0.2) is 8.32 Å². The molecule has 2 aromatic rings. The van der Waals surface area contributed by atoms with Crippen molar-refractivity contribution in [2.24, 2.45) is 17.8 Å². The van der Waals surface area contributed by atoms with Gasteiger partial charge in [-0.05, 0) is 85.5 Å². The van der Waals surface area contributed by atoms with Crippen LogP contribution >= 0.6 is 0 Å². The largest absolute Gasteiger partial charge is 0.497 e. The van der Waals surface area contributed by atoms with Crippen LogP contribution in [0, 0.1) is 17.8 Å². The molecule has 0 aliphatic rings. The predicted molar refractivity (Wildman–Crippen MR) is 177 cm³/mol. The molecule has 0 radical (unpaired) electrons. The van der Waals surface area contributed by atoms with Gasteiger partial charge in [-0.3, -0.25) is 0 Å². The van der Waals surface area contributed by atoms with Crippen LogP contribution in [0.4, 0.5) is 0 Å². The predicted octanol–water partition coefficient (Wildman–Crippen LogP) is 9.48. The summed E-state index contributed by atoms with van der Waals surface area (Å²) in [5, 5.41) is 0.209. The number of hydrogen-bond donors (Lipinski definition) is 0. The van der Waals surface area contributed by atoms with E-state index < -0.39 is 8.32 Å². The molecular weight excluding hydrogens is 540 g/mol. The number of benzene rings is 2. The van der Waals surface area contributed by atoms with Gasteiger partial charge in [-0.15, -0.1) is 6.58 Å². The van der Waals surface area contributed by atoms with E-state index in [2.05, 4.69) is 73.3 Å². The minimum Gasteiger partial charge on any atom is -0.497 e. The fourth-order valence-electron chi connectivity index (χ4n) is 4.87. The van der Waals surface area contributed by atoms with Gasteiger partial charge < -0.3 is 18.6 Å². The second-order valence-electron chi connectivity index (χ2n) is 13.3. The van der Waals surface area contributed by atoms with Crippen LogP contribution in [0.25, 0.3) is 0 Å². The first-order valence-corrected chi connectivity index (χ1v) is 18.5. The number of esters is 1. The molecule has 234 valence electrons. The van der Waals surface area contributed by atoms with Crippen molar-refractivity contribution in [3.05, 3.63) is 78.4 Å². The summed E-state index contributed by atoms with van der Waals surface area (Å²) in [4.78, 5) is 12.8. The van der Waals surface area contributed by atoms with E-state index in [0.717, 1.165) is 43.6 Å². The van der Waals surface area contributed by atoms with E-state index in [1.165, 1.54) is 0 Å². The Bertz CT molecular complexity index is 1060. The van der Waals surface area contributed by atoms with Crippen LogP contribution in [0.15, 0.2) is 67.3 Å². The van der Waals surface area contributed by atoms with Gasteiger partial charge in [-0.25, -0.2) is 4.79 Å². The molecule has 0 spiro atoms. The van der Waals surface area contributed by atoms with Gasteiger partial charge in [0.1, 0.15) is 11.9 Å². The minimum absolute atomic E-state index is 0.0495. The normalized spacial score (nSPS) is 15.7. The van der Waals surface area contributed by atoms with Crippen molar-refractivity contribution < 1.29 is 23.4 Å². The lowest BCUT2D eigenvalue weighted by molar-refractivity contribution is -0.0383. The number of hydrogen-bond acceptors (Lipinski definition) is 5. The lowest BCUT2D eigenvalue weighted by Gasteiger charge is -2.36. The van der Waals surface area contributed by atoms with Crippen LogP contribution in [0.5, 0.6) is 5.75 Å². The van der Waals surface area contributed by atoms with Crippen molar-refractivity contribution in [2.75, 3.05) is 13.7 Å². The van der Waals surface area contributed by atoms with Crippen molar-refractivity contribution in [3.63, 3.8) is 0 Å². The third-order valence-corrected chi connectivity index (χ3v) is 13.5. The fourth-order valence-corrected chi connectivity index (χ4v) is 5.96. The van der Waals surface area contributed by atoms with E-state index >= 15 is 0 Å². The van der Waals surface area contributed by atoms with Gasteiger partial charge in [-0.1, -0.05) is 78.0 Å². The molecule has 0 aromatic heterocycles. The summed E-state index contributed by atoms with van der Waals surface area (Å²) in [5.74, 6) is 1.22. The summed E-state index contributed by atoms with van der Waals surface area (Å²) >= 11 is 0. The Balaban J connectivity index is 2.08. The highest BCUT2D eigenvalue weighted by Gasteiger charge is 2.37. The van der Waals surface area contributed by atoms with Crippen molar-refractivity contribution in [1.29, 1.82) is 0 Å². The highest BCUT2D eigenvalue weighted by molar-refractivity contribution is 6.74. The van der Waals surface area contributed by atoms with Gasteiger partial charge in [0.25, 0.3) is 0 Å². The maximum absolute atomic E-state index is 12.8. The van der Waals surface area contributed by atoms with Gasteiger partial charge >= 0.3 is 5.97 Å². The molecule has 2 aromatic carbocycles. The monoisotopic (exact) mass is 596 g/mol. The summed E-state index contributed by atoms with van der Waals surface area (Å²) in [6.45, 7) is 23.4. The van der Waals surface area contributed by atoms with E-state index in [0.29, 0.717) is 18.1 Å². The van der Waals surface area contributed by atoms with Crippen LogP contribution in [0.2, 0.25) is 18.1 Å². The number of carbonyl (C=O) groups is 1. The molecule has 0 N–H and O–H groups in total. The molecule has 0 heterocycles. The number of rotatable bonds is 18. The molecule has 0 saturated carbocycles. The summed E-state index contributed by atoms with van der Waals surface area (Å²) in [6.07, 6.45) is 5.35. The Morgan fingerprint density at radius 1 is 0.929 bits per heavy atom. The van der Waals surface area contributed by atoms with Crippen LogP contribution in [0.3, 0.4) is 0 Å². The Morgan fingerprint density at radius 3 is 2.12 bits per heavy atom. The molecule has 5 nitrogen and oxygen atoms in total. The molecule has 0 bridgehead atoms. The molecule has 0 aliphatic carbocycles. The quantitative estimate of drug-likeness (QED) is 0.0742. The Morgan fingerprint density at radius 2 is 1.55 bits per heavy atom. The smallest absolute Gasteiger partial charge is 0.338 e. The van der Waals surface area contributed by atoms with Crippen molar-refractivity contribution in [1.82, 2.24) is 0 Å². The molecule has 0 unspecified atom stereocenters. The maximum Gasteiger partial charge on any atom is 0.338 e. The van der Waals surface area contributed by atoms with Crippen molar-refractivity contribution in [2.45, 2.75) is 104 Å². The number of ether oxygens (including phenoxy) is 3. The van der Waals surface area contributed by atoms with Gasteiger partial charge in [0, 0.05) is 12.5 Å². The summed E-state index contributed by atoms with van der Waals surface area (Å²) < 4.78 is 24.4. The topological polar surface area (TPSA) is 54.0 Å². The lowest BCUT2D eigenvalue weighted by atomic mass is 9.85. The molecule has 0 amide bonds. The van der Waals surface area contributed by atoms with Gasteiger partial charge in [0.05, 0.1) is 25.4 Å². The van der Waals surface area contributed by atoms with E-state index in [4.69, 9.17) is 18.6 Å². The second-order valence-corrected chi connectivity index (χ2v) is 18.1. The van der Waals surface area contributed by atoms with E-state index in [1.54, 1.807) is 19.2 Å². The molecule has 6 heteroatoms. The first-order chi connectivity index (χ1) is 19.8. The van der Waals surface area contributed by atoms with Gasteiger partial charge in [-0.2, -0.15) is 0 Å². The SMILES string of the molecule is C=C[C@@H](C)[C@H](CC[C@@H](C)[C@H](OCc1ccc(OC)cc1)[C@@H](C)CCCO[Si](C)(C)C(C)(C)C)OC(=O)c1ccccc1. The summed E-state index contributed by atoms with van der Waals surface area (Å²) in [7, 11) is -0.0842. The van der Waals surface area contributed by atoms with E-state index in [9.17, 15) is 4.79 Å². The highest BCUT2D eigenvalue weighted by Crippen LogP contribution is 2.37. The van der Waals surface area contributed by atoms with Gasteiger partial charge in [0.2, 0.25) is 0 Å². The zero-order valence-electron chi connectivity index (χ0n) is 27.7. The fraction of sp³-hybridized carbons (Fsp3) is 0.583. The Kier molecular flexibility index (Phi) is 14.5. The zero-order valence-corrected chi connectivity index (χ0v) is 28.7. The minimum atomic E-state index is -1.76. The van der Waals surface area contributed by atoms with Crippen LogP contribution in [0.1, 0.15) is 83.1 Å². The second kappa shape index (κ2) is 17.0. The third kappa shape index (κ3) is 11.3. The third-order valence-electron chi connectivity index (χ3n) is 8.93. The number of methoxy groups -OCH3 is 1. The first kappa shape index (κ1) is 35.8. The zero-order chi connectivity index (χ0) is 31.3. The van der Waals surface area contributed by atoms with E-state index in [1.807, 2.05) is 36.4 Å². The van der Waals surface area contributed by atoms with Crippen LogP contribution in [-0.4, -0.2) is 40.2 Å². The highest BCUT2D eigenvalue weighted by atomic mass is 28.4. The maximum atomic E-state index is 12.8. The first-order valence-electron chi connectivity index (χ1n) is 15.6. The van der Waals surface area contributed by atoms with E-state index in [-0.39, 0.29) is 35.1 Å². The summed E-state index contributed by atoms with van der Waals surface area (Å²) in [6, 6.07) is 17.3.